The maximum atomic E-state index is 9.36. The molecule has 0 aliphatic rings. The first kappa shape index (κ1) is 53.3. The summed E-state index contributed by atoms with van der Waals surface area (Å²) in [6.45, 7) is 0. The molecule has 4 aromatic heterocycles. The second-order valence-corrected chi connectivity index (χ2v) is 31.9. The van der Waals surface area contributed by atoms with E-state index in [2.05, 4.69) is 48.5 Å². The van der Waals surface area contributed by atoms with Gasteiger partial charge in [0, 0.05) is 54.2 Å². The van der Waals surface area contributed by atoms with Gasteiger partial charge in [0.05, 0.1) is 38.4 Å². The molecule has 0 aliphatic carbocycles. The Hall–Kier alpha value is -17.4. The van der Waals surface area contributed by atoms with Gasteiger partial charge in [-0.2, -0.15) is 0 Å². The van der Waals surface area contributed by atoms with E-state index in [1.165, 1.54) is 0 Å². The molecule has 0 atom stereocenters. The molecule has 4 nitrogen and oxygen atoms in total. The Morgan fingerprint density at radius 1 is 0.136 bits per heavy atom. The molecule has 0 bridgehead atoms. The van der Waals surface area contributed by atoms with Crippen LogP contribution in [0.25, 0.3) is 263 Å². The molecule has 0 radical (unpaired) electrons. The van der Waals surface area contributed by atoms with Gasteiger partial charge < -0.3 is 17.7 Å². The minimum atomic E-state index is -0.450. The molecule has 0 saturated heterocycles. The van der Waals surface area contributed by atoms with E-state index in [0.717, 1.165) is 131 Å². The minimum absolute atomic E-state index is 0.0219. The zero-order chi connectivity index (χ0) is 111. The van der Waals surface area contributed by atoms with Crippen molar-refractivity contribution in [2.75, 3.05) is 0 Å². The summed E-state index contributed by atoms with van der Waals surface area (Å²) in [5.41, 5.74) is 11.4. The van der Waals surface area contributed by atoms with E-state index in [1.807, 2.05) is 267 Å². The molecule has 0 spiro atoms. The summed E-state index contributed by atoms with van der Waals surface area (Å²) in [6, 6.07) is 93.9. The van der Waals surface area contributed by atoms with Gasteiger partial charge in [-0.3, -0.25) is 0 Å². The quantitative estimate of drug-likeness (QED) is 0.142. The van der Waals surface area contributed by atoms with Crippen molar-refractivity contribution in [3.8, 4) is 89.0 Å². The highest BCUT2D eigenvalue weighted by atomic mass is 16.3. The van der Waals surface area contributed by atoms with Gasteiger partial charge >= 0.3 is 0 Å². The fraction of sp³-hybridized carbons (Fsp3) is 0. The molecule has 0 N–H and O–H groups in total. The van der Waals surface area contributed by atoms with Gasteiger partial charge in [-0.15, -0.1) is 0 Å². The fourth-order valence-electron chi connectivity index (χ4n) is 19.2. The molecule has 4 heteroatoms. The number of benzene rings is 24. The number of furan rings is 4. The average molecular weight is 1710 g/mol. The molecule has 28 rings (SSSR count). The van der Waals surface area contributed by atoms with Crippen LogP contribution in [0.3, 0.4) is 0 Å². The van der Waals surface area contributed by atoms with Crippen molar-refractivity contribution in [3.05, 3.63) is 485 Å². The number of fused-ring (bicyclic) bond motifs is 20. The first-order chi connectivity index (χ1) is 77.2. The van der Waals surface area contributed by atoms with Gasteiger partial charge in [0.2, 0.25) is 0 Å². The van der Waals surface area contributed by atoms with Crippen molar-refractivity contribution in [3.63, 3.8) is 0 Å². The van der Waals surface area contributed by atoms with E-state index in [-0.39, 0.29) is 225 Å². The van der Waals surface area contributed by atoms with Crippen molar-refractivity contribution >= 4 is 174 Å². The monoisotopic (exact) mass is 1710 g/mol. The van der Waals surface area contributed by atoms with Crippen LogP contribution in [-0.4, -0.2) is 0 Å². The highest BCUT2D eigenvalue weighted by Crippen LogP contribution is 2.52. The Labute approximate surface area is 800 Å². The highest BCUT2D eigenvalue weighted by molar-refractivity contribution is 6.29. The third kappa shape index (κ3) is 13.0. The summed E-state index contributed by atoms with van der Waals surface area (Å²) in [4.78, 5) is 0. The highest BCUT2D eigenvalue weighted by Gasteiger charge is 2.26. The van der Waals surface area contributed by atoms with Gasteiger partial charge in [0.25, 0.3) is 0 Å². The summed E-state index contributed by atoms with van der Waals surface area (Å²) in [7, 11) is 0. The van der Waals surface area contributed by atoms with Gasteiger partial charge in [0.1, 0.15) is 44.7 Å². The topological polar surface area (TPSA) is 52.6 Å². The second kappa shape index (κ2) is 32.5. The van der Waals surface area contributed by atoms with Crippen LogP contribution in [0.5, 0.6) is 0 Å². The summed E-state index contributed by atoms with van der Waals surface area (Å²) in [5.74, 6) is 0. The number of para-hydroxylation sites is 5. The van der Waals surface area contributed by atoms with Crippen molar-refractivity contribution in [2.45, 2.75) is 0 Å². The molecular weight excluding hydrogens is 1600 g/mol. The van der Waals surface area contributed by atoms with Crippen molar-refractivity contribution in [2.24, 2.45) is 0 Å². The molecule has 0 fully saturated rings. The summed E-state index contributed by atoms with van der Waals surface area (Å²) < 4.78 is 265. The molecule has 28 aromatic rings. The van der Waals surface area contributed by atoms with Crippen molar-refractivity contribution in [1.29, 1.82) is 0 Å². The molecular formula is C128H80O4. The van der Waals surface area contributed by atoms with Gasteiger partial charge in [0.15, 0.2) is 0 Å². The largest absolute Gasteiger partial charge is 0.456 e. The smallest absolute Gasteiger partial charge is 0.143 e. The van der Waals surface area contributed by atoms with E-state index in [4.69, 9.17) is 53.3 Å². The van der Waals surface area contributed by atoms with Gasteiger partial charge in [-0.25, -0.2) is 0 Å². The third-order valence-electron chi connectivity index (χ3n) is 24.6. The van der Waals surface area contributed by atoms with E-state index in [1.54, 1.807) is 0 Å². The Bertz CT molecular complexity index is 11000. The first-order valence-corrected chi connectivity index (χ1v) is 42.9. The minimum Gasteiger partial charge on any atom is -0.456 e. The Kier molecular flexibility index (Phi) is 13.1. The van der Waals surface area contributed by atoms with Crippen LogP contribution in [0.15, 0.2) is 502 Å². The lowest BCUT2D eigenvalue weighted by atomic mass is 9.85. The lowest BCUT2D eigenvalue weighted by Crippen LogP contribution is -1.91. The van der Waals surface area contributed by atoms with Crippen LogP contribution >= 0.6 is 0 Å². The van der Waals surface area contributed by atoms with Crippen molar-refractivity contribution in [1.82, 2.24) is 0 Å². The zero-order valence-electron chi connectivity index (χ0n) is 97.7. The maximum Gasteiger partial charge on any atom is 0.143 e. The van der Waals surface area contributed by atoms with E-state index in [9.17, 15) is 2.74 Å². The lowest BCUT2D eigenvalue weighted by molar-refractivity contribution is 0.668. The maximum absolute atomic E-state index is 9.36. The second-order valence-electron chi connectivity index (χ2n) is 31.9. The van der Waals surface area contributed by atoms with Gasteiger partial charge in [-0.05, 0) is 218 Å². The Morgan fingerprint density at radius 2 is 0.379 bits per heavy atom. The number of hydrogen-bond acceptors (Lipinski definition) is 4. The van der Waals surface area contributed by atoms with Crippen LogP contribution < -0.4 is 0 Å². The van der Waals surface area contributed by atoms with Crippen LogP contribution in [0.2, 0.25) is 0 Å². The van der Waals surface area contributed by atoms with Crippen molar-refractivity contribution < 1.29 is 56.0 Å². The molecule has 132 heavy (non-hydrogen) atoms. The molecule has 4 heterocycles. The normalized spacial score (nSPS) is 14.6. The summed E-state index contributed by atoms with van der Waals surface area (Å²) in [5, 5.41) is 14.8. The zero-order valence-corrected chi connectivity index (χ0v) is 69.7. The number of rotatable bonds is 8. The molecule has 616 valence electrons. The molecule has 0 amide bonds. The molecule has 0 saturated carbocycles. The van der Waals surface area contributed by atoms with E-state index >= 15 is 0 Å². The van der Waals surface area contributed by atoms with Crippen LogP contribution in [0, 0.1) is 0 Å². The van der Waals surface area contributed by atoms with Gasteiger partial charge in [-0.1, -0.05) is 430 Å². The first-order valence-electron chi connectivity index (χ1n) is 56.9. The summed E-state index contributed by atoms with van der Waals surface area (Å²) in [6.07, 6.45) is 0. The van der Waals surface area contributed by atoms with E-state index < -0.39 is 48.3 Å². The Morgan fingerprint density at radius 3 is 0.773 bits per heavy atom. The molecule has 0 aliphatic heterocycles. The Balaban J connectivity index is 0.000000109. The fourth-order valence-corrected chi connectivity index (χ4v) is 19.2. The van der Waals surface area contributed by atoms with E-state index in [0.29, 0.717) is 27.8 Å². The van der Waals surface area contributed by atoms with Crippen LogP contribution in [-0.2, 0) is 0 Å². The molecule has 0 unspecified atom stereocenters. The van der Waals surface area contributed by atoms with Crippen LogP contribution in [0.4, 0.5) is 0 Å². The predicted molar refractivity (Wildman–Crippen MR) is 558 cm³/mol. The number of hydrogen-bond donors (Lipinski definition) is 0. The standard InChI is InChI=1S/4C32H20O/c1-2-11-21(12-3-1)30-23-14-4-6-16-25(23)31(26-17-7-5-15-24(26)30)28-19-10-18-27-22-13-8-9-20-29(22)33-32(27)28;1-2-11-21(12-3-1)30-22-13-4-6-15-24(22)31(25-16-7-5-14-23(25)30)27-18-10-20-29-32(27)26-17-8-9-19-28(26)33-29;1-2-10-21(11-3-1)31-25-13-4-6-15-27(25)32(28-16-7-5-14-26(28)31)22-18-19-24-23-12-8-9-17-29(23)33-30(24)20-22;1-2-10-21(11-3-1)31-24-13-4-6-15-26(24)32(27-16-7-5-14-25(27)31)22-18-19-30-28(20-22)23-12-8-9-17-29(23)33-30/h4*1-20H/i8D,9D,10D,13D,18D,19D,20D;8D,9D,10D,17D,18D,19D,20D;2*8D,9D,12D,17D,18D,19D,20D. The van der Waals surface area contributed by atoms with Crippen LogP contribution in [0.1, 0.15) is 38.4 Å². The SMILES string of the molecule is [2H]c1c([2H])c([2H])c2c(oc3c(-c4c5ccccc5c(-c5ccccc5)c5ccccc45)c([2H])c([2H])c([2H])c32)c1[2H].[2H]c1c([2H])c([2H])c2c(oc3c([2H])c(-c4c5ccccc5c(-c5ccccc5)c5ccccc45)c([2H])c([2H])c32)c1[2H].[2H]c1c([2H])c([2H])c2c(oc3c([2H])c([2H])c(-c4c5ccccc5c(-c5ccccc5)c5ccccc45)c([2H])c32)c1[2H].[2H]c1c([2H])c([2H])c2c(oc3c([2H])c([2H])c([2H])c(-c4c5ccccc5c(-c5ccccc5)c5ccccc45)c32)c1[2H]. The third-order valence-corrected chi connectivity index (χ3v) is 24.6. The summed E-state index contributed by atoms with van der Waals surface area (Å²) >= 11 is 0. The lowest BCUT2D eigenvalue weighted by Gasteiger charge is -2.18. The molecule has 24 aromatic carbocycles. The average Bonchev–Trinajstić information content (AvgIpc) is 1.52. The predicted octanol–water partition coefficient (Wildman–Crippen LogP) is 36.9.